The van der Waals surface area contributed by atoms with Crippen LogP contribution in [0.15, 0.2) is 18.2 Å². The number of likely N-dealkylation sites (tertiary alicyclic amines) is 1. The lowest BCUT2D eigenvalue weighted by atomic mass is 10.0. The minimum atomic E-state index is -1.09. The number of nitrogens with one attached hydrogen (secondary N) is 2. The van der Waals surface area contributed by atoms with Gasteiger partial charge >= 0.3 is 5.97 Å². The van der Waals surface area contributed by atoms with E-state index in [1.807, 2.05) is 23.1 Å². The van der Waals surface area contributed by atoms with Gasteiger partial charge in [0.25, 0.3) is 0 Å². The van der Waals surface area contributed by atoms with E-state index in [0.717, 1.165) is 36.3 Å². The van der Waals surface area contributed by atoms with E-state index in [0.29, 0.717) is 19.6 Å². The molecule has 0 spiro atoms. The van der Waals surface area contributed by atoms with Crippen molar-refractivity contribution in [2.24, 2.45) is 0 Å². The molecule has 2 aliphatic heterocycles. The Morgan fingerprint density at radius 3 is 2.92 bits per heavy atom. The fourth-order valence-electron chi connectivity index (χ4n) is 3.38. The minimum Gasteiger partial charge on any atom is -0.493 e. The van der Waals surface area contributed by atoms with Crippen LogP contribution in [0.25, 0.3) is 0 Å². The molecule has 1 saturated heterocycles. The second-order valence-electron chi connectivity index (χ2n) is 6.56. The van der Waals surface area contributed by atoms with Gasteiger partial charge in [0, 0.05) is 12.1 Å². The number of carboxylic acid groups (broad SMARTS) is 1. The summed E-state index contributed by atoms with van der Waals surface area (Å²) in [6.45, 7) is 0.898. The van der Waals surface area contributed by atoms with Crippen molar-refractivity contribution >= 4 is 23.5 Å². The van der Waals surface area contributed by atoms with E-state index >= 15 is 0 Å². The molecule has 0 aromatic heterocycles. The third kappa shape index (κ3) is 4.51. The Kier molecular flexibility index (Phi) is 5.72. The smallest absolute Gasteiger partial charge is 0.322 e. The van der Waals surface area contributed by atoms with E-state index in [2.05, 4.69) is 10.6 Å². The van der Waals surface area contributed by atoms with Crippen LogP contribution in [0.5, 0.6) is 5.75 Å². The maximum atomic E-state index is 12.7. The Balaban J connectivity index is 1.60. The number of carbonyl (C=O) groups is 3. The van der Waals surface area contributed by atoms with Crippen LogP contribution in [0.4, 0.5) is 5.69 Å². The summed E-state index contributed by atoms with van der Waals surface area (Å²) < 4.78 is 5.47. The van der Waals surface area contributed by atoms with E-state index in [-0.39, 0.29) is 18.4 Å². The normalized spacial score (nSPS) is 19.3. The number of carboxylic acids is 1. The van der Waals surface area contributed by atoms with E-state index in [1.54, 1.807) is 0 Å². The third-order valence-electron chi connectivity index (χ3n) is 4.66. The summed E-state index contributed by atoms with van der Waals surface area (Å²) in [4.78, 5) is 37.0. The van der Waals surface area contributed by atoms with Crippen molar-refractivity contribution in [1.29, 1.82) is 0 Å². The molecule has 8 nitrogen and oxygen atoms in total. The monoisotopic (exact) mass is 361 g/mol. The van der Waals surface area contributed by atoms with E-state index in [4.69, 9.17) is 9.84 Å². The number of nitrogens with zero attached hydrogens (tertiary/aromatic N) is 1. The van der Waals surface area contributed by atoms with E-state index < -0.39 is 18.6 Å². The van der Waals surface area contributed by atoms with E-state index in [1.165, 1.54) is 0 Å². The molecule has 140 valence electrons. The first-order valence-electron chi connectivity index (χ1n) is 8.82. The van der Waals surface area contributed by atoms with Gasteiger partial charge in [-0.25, -0.2) is 0 Å². The van der Waals surface area contributed by atoms with Crippen LogP contribution < -0.4 is 15.4 Å². The zero-order chi connectivity index (χ0) is 18.5. The third-order valence-corrected chi connectivity index (χ3v) is 4.66. The van der Waals surface area contributed by atoms with Crippen molar-refractivity contribution in [1.82, 2.24) is 10.2 Å². The maximum Gasteiger partial charge on any atom is 0.322 e. The van der Waals surface area contributed by atoms with Crippen LogP contribution in [0.1, 0.15) is 24.8 Å². The second-order valence-corrected chi connectivity index (χ2v) is 6.56. The fraction of sp³-hybridized carbons (Fsp3) is 0.500. The topological polar surface area (TPSA) is 108 Å². The van der Waals surface area contributed by atoms with E-state index in [9.17, 15) is 14.4 Å². The number of ether oxygens (including phenoxy) is 1. The summed E-state index contributed by atoms with van der Waals surface area (Å²) >= 11 is 0. The van der Waals surface area contributed by atoms with Gasteiger partial charge in [-0.1, -0.05) is 6.42 Å². The van der Waals surface area contributed by atoms with Gasteiger partial charge in [-0.2, -0.15) is 0 Å². The molecule has 3 rings (SSSR count). The highest BCUT2D eigenvalue weighted by Gasteiger charge is 2.30. The van der Waals surface area contributed by atoms with Crippen LogP contribution >= 0.6 is 0 Å². The van der Waals surface area contributed by atoms with Gasteiger partial charge in [0.2, 0.25) is 11.8 Å². The molecule has 0 radical (unpaired) electrons. The molecule has 1 aromatic carbocycles. The highest BCUT2D eigenvalue weighted by atomic mass is 16.5. The quantitative estimate of drug-likeness (QED) is 0.685. The summed E-state index contributed by atoms with van der Waals surface area (Å²) in [5.74, 6) is -0.763. The molecule has 2 amide bonds. The van der Waals surface area contributed by atoms with Crippen molar-refractivity contribution in [3.63, 3.8) is 0 Å². The molecule has 2 heterocycles. The number of carbonyl (C=O) groups excluding carboxylic acids is 2. The first kappa shape index (κ1) is 18.2. The Bertz CT molecular complexity index is 706. The highest BCUT2D eigenvalue weighted by molar-refractivity contribution is 5.95. The molecule has 1 atom stereocenters. The SMILES string of the molecule is O=C(O)CNC(=O)CN1CCCCC1C(=O)Nc1ccc2c(c1)CCO2. The van der Waals surface area contributed by atoms with Crippen LogP contribution in [0.2, 0.25) is 0 Å². The number of amides is 2. The van der Waals surface area contributed by atoms with Crippen LogP contribution in [-0.2, 0) is 20.8 Å². The fourth-order valence-corrected chi connectivity index (χ4v) is 3.38. The average Bonchev–Trinajstić information content (AvgIpc) is 3.08. The first-order chi connectivity index (χ1) is 12.5. The van der Waals surface area contributed by atoms with Crippen LogP contribution in [-0.4, -0.2) is 60.1 Å². The maximum absolute atomic E-state index is 12.7. The number of fused-ring (bicyclic) bond motifs is 1. The Labute approximate surface area is 151 Å². The molecular weight excluding hydrogens is 338 g/mol. The zero-order valence-electron chi connectivity index (χ0n) is 14.5. The molecule has 3 N–H and O–H groups in total. The van der Waals surface area contributed by atoms with Crippen molar-refractivity contribution < 1.29 is 24.2 Å². The summed E-state index contributed by atoms with van der Waals surface area (Å²) in [5.41, 5.74) is 1.80. The molecule has 1 unspecified atom stereocenters. The Morgan fingerprint density at radius 1 is 1.27 bits per heavy atom. The zero-order valence-corrected chi connectivity index (χ0v) is 14.5. The minimum absolute atomic E-state index is 0.0173. The lowest BCUT2D eigenvalue weighted by molar-refractivity contribution is -0.138. The summed E-state index contributed by atoms with van der Waals surface area (Å²) in [6.07, 6.45) is 3.33. The summed E-state index contributed by atoms with van der Waals surface area (Å²) in [7, 11) is 0. The first-order valence-corrected chi connectivity index (χ1v) is 8.82. The van der Waals surface area contributed by atoms with Gasteiger partial charge in [0.1, 0.15) is 12.3 Å². The second kappa shape index (κ2) is 8.18. The number of anilines is 1. The standard InChI is InChI=1S/C18H23N3O5/c22-16(19-10-17(23)24)11-21-7-2-1-3-14(21)18(25)20-13-4-5-15-12(9-13)6-8-26-15/h4-5,9,14H,1-3,6-8,10-11H2,(H,19,22)(H,20,25)(H,23,24). The number of rotatable bonds is 6. The molecule has 0 saturated carbocycles. The molecular formula is C18H23N3O5. The van der Waals surface area contributed by atoms with Gasteiger partial charge in [-0.15, -0.1) is 0 Å². The number of aliphatic carboxylic acids is 1. The van der Waals surface area contributed by atoms with Gasteiger partial charge in [0.15, 0.2) is 0 Å². The van der Waals surface area contributed by atoms with Gasteiger partial charge in [-0.3, -0.25) is 19.3 Å². The highest BCUT2D eigenvalue weighted by Crippen LogP contribution is 2.28. The molecule has 2 aliphatic rings. The van der Waals surface area contributed by atoms with Gasteiger partial charge < -0.3 is 20.5 Å². The van der Waals surface area contributed by atoms with Crippen LogP contribution in [0, 0.1) is 0 Å². The number of hydrogen-bond acceptors (Lipinski definition) is 5. The summed E-state index contributed by atoms with van der Waals surface area (Å²) in [6, 6.07) is 5.20. The molecule has 1 fully saturated rings. The summed E-state index contributed by atoms with van der Waals surface area (Å²) in [5, 5.41) is 13.9. The largest absolute Gasteiger partial charge is 0.493 e. The molecule has 0 bridgehead atoms. The van der Waals surface area contributed by atoms with Crippen molar-refractivity contribution in [3.05, 3.63) is 23.8 Å². The predicted molar refractivity (Wildman–Crippen MR) is 94.1 cm³/mol. The van der Waals surface area contributed by atoms with Gasteiger partial charge in [-0.05, 0) is 43.1 Å². The van der Waals surface area contributed by atoms with Crippen molar-refractivity contribution in [3.8, 4) is 5.75 Å². The van der Waals surface area contributed by atoms with Crippen molar-refractivity contribution in [2.75, 3.05) is 31.6 Å². The number of hydrogen-bond donors (Lipinski definition) is 3. The lowest BCUT2D eigenvalue weighted by Gasteiger charge is -2.34. The average molecular weight is 361 g/mol. The Morgan fingerprint density at radius 2 is 2.12 bits per heavy atom. The molecule has 0 aliphatic carbocycles. The van der Waals surface area contributed by atoms with Gasteiger partial charge in [0.05, 0.1) is 19.2 Å². The molecule has 26 heavy (non-hydrogen) atoms. The molecule has 8 heteroatoms. The van der Waals surface area contributed by atoms with Crippen LogP contribution in [0.3, 0.4) is 0 Å². The number of piperidine rings is 1. The predicted octanol–water partition coefficient (Wildman–Crippen LogP) is 0.615. The number of benzene rings is 1. The lowest BCUT2D eigenvalue weighted by Crippen LogP contribution is -2.51. The Hall–Kier alpha value is -2.61. The van der Waals surface area contributed by atoms with Crippen molar-refractivity contribution in [2.45, 2.75) is 31.7 Å². The molecule has 1 aromatic rings.